The minimum Gasteiger partial charge on any atom is -0.369 e. The topological polar surface area (TPSA) is 71.9 Å². The van der Waals surface area contributed by atoms with Gasteiger partial charge in [0.05, 0.1) is 12.0 Å². The van der Waals surface area contributed by atoms with Crippen LogP contribution in [0.15, 0.2) is 34.9 Å². The number of ether oxygens (including phenoxy) is 1. The van der Waals surface area contributed by atoms with E-state index in [-0.39, 0.29) is 12.0 Å². The van der Waals surface area contributed by atoms with Crippen LogP contribution in [0, 0.1) is 17.2 Å². The lowest BCUT2D eigenvalue weighted by atomic mass is 10.1. The molecule has 1 aromatic carbocycles. The van der Waals surface area contributed by atoms with Crippen molar-refractivity contribution in [2.24, 2.45) is 5.92 Å². The molecule has 0 N–H and O–H groups in total. The molecule has 2 rings (SSSR count). The van der Waals surface area contributed by atoms with Gasteiger partial charge in [-0.3, -0.25) is 0 Å². The van der Waals surface area contributed by atoms with E-state index in [4.69, 9.17) is 14.5 Å². The fraction of sp³-hybridized carbons (Fsp3) is 0.357. The Morgan fingerprint density at radius 3 is 2.74 bits per heavy atom. The molecule has 0 bridgehead atoms. The lowest BCUT2D eigenvalue weighted by Crippen LogP contribution is -2.06. The molecule has 2 aromatic rings. The van der Waals surface area contributed by atoms with Gasteiger partial charge in [-0.05, 0) is 12.5 Å². The highest BCUT2D eigenvalue weighted by Crippen LogP contribution is 2.23. The van der Waals surface area contributed by atoms with Gasteiger partial charge < -0.3 is 9.26 Å². The van der Waals surface area contributed by atoms with Crippen LogP contribution in [0.5, 0.6) is 0 Å². The second kappa shape index (κ2) is 6.12. The van der Waals surface area contributed by atoms with Crippen molar-refractivity contribution in [3.05, 3.63) is 47.6 Å². The lowest BCUT2D eigenvalue weighted by molar-refractivity contribution is 0.126. The van der Waals surface area contributed by atoms with Crippen molar-refractivity contribution in [1.82, 2.24) is 10.1 Å². The molecule has 5 nitrogen and oxygen atoms in total. The number of nitriles is 1. The first-order chi connectivity index (χ1) is 9.24. The van der Waals surface area contributed by atoms with Crippen LogP contribution in [0.3, 0.4) is 0 Å². The average molecular weight is 257 g/mol. The van der Waals surface area contributed by atoms with Gasteiger partial charge in [0, 0.05) is 13.5 Å². The normalized spacial score (nSPS) is 13.7. The van der Waals surface area contributed by atoms with Crippen LogP contribution in [0.1, 0.15) is 30.3 Å². The molecule has 5 heteroatoms. The maximum atomic E-state index is 8.77. The molecule has 1 aromatic heterocycles. The second-order valence-electron chi connectivity index (χ2n) is 4.31. The summed E-state index contributed by atoms with van der Waals surface area (Å²) in [5.74, 6) is 0.793. The molecule has 0 fully saturated rings. The molecule has 1 heterocycles. The highest BCUT2D eigenvalue weighted by atomic mass is 16.5. The molecule has 0 radical (unpaired) electrons. The summed E-state index contributed by atoms with van der Waals surface area (Å²) in [6.45, 7) is 1.81. The van der Waals surface area contributed by atoms with Crippen molar-refractivity contribution >= 4 is 0 Å². The number of benzene rings is 1. The van der Waals surface area contributed by atoms with Crippen molar-refractivity contribution in [1.29, 1.82) is 5.26 Å². The summed E-state index contributed by atoms with van der Waals surface area (Å²) in [6.07, 6.45) is 0.102. The number of hydrogen-bond acceptors (Lipinski definition) is 5. The summed E-state index contributed by atoms with van der Waals surface area (Å²) in [5.41, 5.74) is 0.964. The van der Waals surface area contributed by atoms with Crippen LogP contribution < -0.4 is 0 Å². The van der Waals surface area contributed by atoms with E-state index in [0.717, 1.165) is 5.56 Å². The minimum absolute atomic E-state index is 0.147. The highest BCUT2D eigenvalue weighted by Gasteiger charge is 2.20. The van der Waals surface area contributed by atoms with Gasteiger partial charge in [0.1, 0.15) is 6.10 Å². The van der Waals surface area contributed by atoms with Crippen molar-refractivity contribution in [2.45, 2.75) is 19.4 Å². The van der Waals surface area contributed by atoms with Gasteiger partial charge in [0.2, 0.25) is 11.7 Å². The van der Waals surface area contributed by atoms with Crippen LogP contribution in [-0.4, -0.2) is 17.3 Å². The van der Waals surface area contributed by atoms with Crippen molar-refractivity contribution in [3.63, 3.8) is 0 Å². The Morgan fingerprint density at radius 2 is 2.11 bits per heavy atom. The third-order valence-electron chi connectivity index (χ3n) is 2.76. The summed E-state index contributed by atoms with van der Waals surface area (Å²) in [7, 11) is 1.60. The predicted octanol–water partition coefficient (Wildman–Crippen LogP) is 2.51. The fourth-order valence-electron chi connectivity index (χ4n) is 1.78. The molecule has 19 heavy (non-hydrogen) atoms. The van der Waals surface area contributed by atoms with E-state index in [1.807, 2.05) is 37.3 Å². The average Bonchev–Trinajstić information content (AvgIpc) is 2.89. The van der Waals surface area contributed by atoms with Gasteiger partial charge in [-0.2, -0.15) is 10.2 Å². The maximum Gasteiger partial charge on any atom is 0.228 e. The van der Waals surface area contributed by atoms with E-state index in [1.165, 1.54) is 0 Å². The first kappa shape index (κ1) is 13.2. The number of hydrogen-bond donors (Lipinski definition) is 0. The van der Waals surface area contributed by atoms with Gasteiger partial charge in [-0.25, -0.2) is 0 Å². The molecule has 0 aliphatic carbocycles. The molecule has 2 unspecified atom stereocenters. The Bertz CT molecular complexity index is 560. The van der Waals surface area contributed by atoms with E-state index in [9.17, 15) is 0 Å². The van der Waals surface area contributed by atoms with Crippen LogP contribution >= 0.6 is 0 Å². The first-order valence-electron chi connectivity index (χ1n) is 6.04. The van der Waals surface area contributed by atoms with Crippen LogP contribution in [-0.2, 0) is 11.2 Å². The largest absolute Gasteiger partial charge is 0.369 e. The summed E-state index contributed by atoms with van der Waals surface area (Å²) in [5, 5.41) is 12.7. The molecule has 0 aliphatic rings. The van der Waals surface area contributed by atoms with Crippen LogP contribution in [0.2, 0.25) is 0 Å². The molecule has 0 amide bonds. The molecule has 98 valence electrons. The highest BCUT2D eigenvalue weighted by molar-refractivity contribution is 5.22. The predicted molar refractivity (Wildman–Crippen MR) is 68.1 cm³/mol. The summed E-state index contributed by atoms with van der Waals surface area (Å²) in [6, 6.07) is 11.8. The van der Waals surface area contributed by atoms with E-state index in [2.05, 4.69) is 16.2 Å². The first-order valence-corrected chi connectivity index (χ1v) is 6.04. The summed E-state index contributed by atoms with van der Waals surface area (Å²) in [4.78, 5) is 4.29. The fourth-order valence-corrected chi connectivity index (χ4v) is 1.78. The van der Waals surface area contributed by atoms with Gasteiger partial charge >= 0.3 is 0 Å². The van der Waals surface area contributed by atoms with Crippen molar-refractivity contribution in [3.8, 4) is 6.07 Å². The Labute approximate surface area is 111 Å². The van der Waals surface area contributed by atoms with E-state index in [1.54, 1.807) is 7.11 Å². The Kier molecular flexibility index (Phi) is 4.26. The SMILES string of the molecule is COC(c1ccccc1)c1noc(CC(C)C#N)n1. The zero-order valence-corrected chi connectivity index (χ0v) is 10.9. The zero-order valence-electron chi connectivity index (χ0n) is 10.9. The van der Waals surface area contributed by atoms with E-state index >= 15 is 0 Å². The molecule has 0 aliphatic heterocycles. The molecular formula is C14H15N3O2. The number of aromatic nitrogens is 2. The van der Waals surface area contributed by atoms with Crippen molar-refractivity contribution in [2.75, 3.05) is 7.11 Å². The third-order valence-corrected chi connectivity index (χ3v) is 2.76. The summed E-state index contributed by atoms with van der Waals surface area (Å²) >= 11 is 0. The quantitative estimate of drug-likeness (QED) is 0.822. The number of nitrogens with zero attached hydrogens (tertiary/aromatic N) is 3. The van der Waals surface area contributed by atoms with Gasteiger partial charge in [-0.1, -0.05) is 35.5 Å². The standard InChI is InChI=1S/C14H15N3O2/c1-10(9-15)8-12-16-14(17-19-12)13(18-2)11-6-4-3-5-7-11/h3-7,10,13H,8H2,1-2H3. The molecule has 0 saturated carbocycles. The Morgan fingerprint density at radius 1 is 1.37 bits per heavy atom. The van der Waals surface area contributed by atoms with Crippen LogP contribution in [0.4, 0.5) is 0 Å². The lowest BCUT2D eigenvalue weighted by Gasteiger charge is -2.10. The zero-order chi connectivity index (χ0) is 13.7. The van der Waals surface area contributed by atoms with Gasteiger partial charge in [0.15, 0.2) is 0 Å². The molecule has 2 atom stereocenters. The summed E-state index contributed by atoms with van der Waals surface area (Å²) < 4.78 is 10.6. The molecule has 0 spiro atoms. The van der Waals surface area contributed by atoms with Crippen LogP contribution in [0.25, 0.3) is 0 Å². The minimum atomic E-state index is -0.351. The number of rotatable bonds is 5. The molecule has 0 saturated heterocycles. The van der Waals surface area contributed by atoms with Crippen molar-refractivity contribution < 1.29 is 9.26 Å². The smallest absolute Gasteiger partial charge is 0.228 e. The van der Waals surface area contributed by atoms with E-state index < -0.39 is 0 Å². The second-order valence-corrected chi connectivity index (χ2v) is 4.31. The van der Waals surface area contributed by atoms with Gasteiger partial charge in [0.25, 0.3) is 0 Å². The monoisotopic (exact) mass is 257 g/mol. The maximum absolute atomic E-state index is 8.77. The van der Waals surface area contributed by atoms with E-state index in [0.29, 0.717) is 18.1 Å². The third kappa shape index (κ3) is 3.18. The van der Waals surface area contributed by atoms with Gasteiger partial charge in [-0.15, -0.1) is 0 Å². The Hall–Kier alpha value is -2.19. The Balaban J connectivity index is 2.19. The molecular weight excluding hydrogens is 242 g/mol. The number of methoxy groups -OCH3 is 1.